The van der Waals surface area contributed by atoms with Crippen LogP contribution in [0.2, 0.25) is 0 Å². The minimum Gasteiger partial charge on any atom is -0.310 e. The lowest BCUT2D eigenvalue weighted by Gasteiger charge is -2.78. The van der Waals surface area contributed by atoms with E-state index in [4.69, 9.17) is 0 Å². The number of rotatable bonds is 4. The molecule has 1 aliphatic heterocycles. The van der Waals surface area contributed by atoms with E-state index in [1.165, 1.54) is 100 Å². The van der Waals surface area contributed by atoms with E-state index in [9.17, 15) is 0 Å². The van der Waals surface area contributed by atoms with Gasteiger partial charge in [0.15, 0.2) is 0 Å². The van der Waals surface area contributed by atoms with E-state index in [0.717, 1.165) is 23.7 Å². The average Bonchev–Trinajstić information content (AvgIpc) is 3.74. The van der Waals surface area contributed by atoms with Crippen LogP contribution in [0.4, 0.5) is 17.1 Å². The molecule has 2 bridgehead atoms. The summed E-state index contributed by atoms with van der Waals surface area (Å²) in [5.74, 6) is 3.46. The molecule has 0 N–H and O–H groups in total. The molecule has 6 unspecified atom stereocenters. The zero-order valence-corrected chi connectivity index (χ0v) is 37.0. The van der Waals surface area contributed by atoms with E-state index in [1.807, 2.05) is 0 Å². The molecule has 5 aromatic carbocycles. The number of hydrogen-bond acceptors (Lipinski definition) is 2. The van der Waals surface area contributed by atoms with Crippen molar-refractivity contribution in [2.75, 3.05) is 4.90 Å². The van der Waals surface area contributed by atoms with E-state index >= 15 is 0 Å². The molecule has 0 aromatic heterocycles. The monoisotopic (exact) mass is 779 g/mol. The molecule has 1 heterocycles. The molecule has 296 valence electrons. The highest BCUT2D eigenvalue weighted by Crippen LogP contribution is 2.89. The summed E-state index contributed by atoms with van der Waals surface area (Å²) in [4.78, 5) is 5.75. The lowest BCUT2D eigenvalue weighted by molar-refractivity contribution is -0.235. The molecule has 0 amide bonds. The summed E-state index contributed by atoms with van der Waals surface area (Å²) in [6.45, 7) is 20.0. The van der Waals surface area contributed by atoms with Crippen LogP contribution in [0.15, 0.2) is 113 Å². The Balaban J connectivity index is 1.10. The fourth-order valence-corrected chi connectivity index (χ4v) is 16.6. The molecule has 5 aromatic rings. The first-order chi connectivity index (χ1) is 27.7. The quantitative estimate of drug-likeness (QED) is 0.179. The average molecular weight is 780 g/mol. The van der Waals surface area contributed by atoms with Crippen LogP contribution in [-0.2, 0) is 27.1 Å². The summed E-state index contributed by atoms with van der Waals surface area (Å²) in [7, 11) is 0. The van der Waals surface area contributed by atoms with Crippen LogP contribution < -0.4 is 4.90 Å². The topological polar surface area (TPSA) is 3.24 Å². The Kier molecular flexibility index (Phi) is 7.19. The van der Waals surface area contributed by atoms with E-state index in [-0.39, 0.29) is 27.1 Å². The molecule has 12 rings (SSSR count). The maximum absolute atomic E-state index is 2.76. The fraction of sp³-hybridized carbons (Fsp3) is 0.464. The summed E-state index contributed by atoms with van der Waals surface area (Å²) < 4.78 is 0. The second-order valence-electron chi connectivity index (χ2n) is 22.7. The molecule has 2 heteroatoms. The Morgan fingerprint density at radius 3 is 1.69 bits per heavy atom. The SMILES string of the molecule is CC1(C)CCC(C)(C)c2c(N(c3ccc4c(c3)Sc3cc(-c5ccccc5)ccc3C43C4CC5CC6CC3C64C5)c3cccc4c3C(C)(C)CCC4(C)C)cccc21. The van der Waals surface area contributed by atoms with Crippen molar-refractivity contribution in [3.05, 3.63) is 137 Å². The van der Waals surface area contributed by atoms with Crippen LogP contribution in [0.25, 0.3) is 11.1 Å². The summed E-state index contributed by atoms with van der Waals surface area (Å²) in [5.41, 5.74) is 17.3. The van der Waals surface area contributed by atoms with Gasteiger partial charge in [-0.2, -0.15) is 0 Å². The summed E-state index contributed by atoms with van der Waals surface area (Å²) in [6.07, 6.45) is 10.7. The van der Waals surface area contributed by atoms with Crippen molar-refractivity contribution in [1.82, 2.24) is 0 Å². The van der Waals surface area contributed by atoms with Crippen molar-refractivity contribution in [2.45, 2.75) is 144 Å². The highest BCUT2D eigenvalue weighted by Gasteiger charge is 2.84. The van der Waals surface area contributed by atoms with Gasteiger partial charge in [0.05, 0.1) is 11.4 Å². The Hall–Kier alpha value is -3.75. The van der Waals surface area contributed by atoms with Gasteiger partial charge >= 0.3 is 0 Å². The first kappa shape index (κ1) is 36.1. The molecule has 7 aliphatic rings. The van der Waals surface area contributed by atoms with E-state index < -0.39 is 0 Å². The molecule has 6 atom stereocenters. The predicted molar refractivity (Wildman–Crippen MR) is 243 cm³/mol. The Morgan fingerprint density at radius 1 is 0.500 bits per heavy atom. The molecule has 0 radical (unpaired) electrons. The minimum absolute atomic E-state index is 0.0614. The van der Waals surface area contributed by atoms with Gasteiger partial charge in [0.1, 0.15) is 0 Å². The van der Waals surface area contributed by atoms with Gasteiger partial charge in [0, 0.05) is 20.9 Å². The lowest BCUT2D eigenvalue weighted by atomic mass is 9.26. The van der Waals surface area contributed by atoms with E-state index in [2.05, 4.69) is 175 Å². The van der Waals surface area contributed by atoms with Gasteiger partial charge in [0.25, 0.3) is 0 Å². The van der Waals surface area contributed by atoms with Crippen molar-refractivity contribution in [3.63, 3.8) is 0 Å². The summed E-state index contributed by atoms with van der Waals surface area (Å²) in [6, 6.07) is 41.2. The largest absolute Gasteiger partial charge is 0.310 e. The van der Waals surface area contributed by atoms with Gasteiger partial charge in [-0.3, -0.25) is 0 Å². The first-order valence-corrected chi connectivity index (χ1v) is 23.6. The van der Waals surface area contributed by atoms with Gasteiger partial charge in [-0.05, 0) is 177 Å². The number of anilines is 3. The normalized spacial score (nSPS) is 31.5. The number of nitrogens with zero attached hydrogens (tertiary/aromatic N) is 1. The molecule has 4 fully saturated rings. The first-order valence-electron chi connectivity index (χ1n) is 22.8. The van der Waals surface area contributed by atoms with Crippen LogP contribution in [0.1, 0.15) is 140 Å². The van der Waals surface area contributed by atoms with Crippen molar-refractivity contribution >= 4 is 28.8 Å². The standard InChI is InChI=1S/C56H61NS/c1-51(2)24-26-53(5,6)49-41(51)16-12-18-43(49)57(44-19-13-17-42-50(44)54(7,8)27-25-52(42,3)4)38-21-23-40-46(32-38)58-45-30-36(35-14-10-9-11-15-35)20-22-39(45)56(40)47-29-34-28-37-31-48(56)55(37,47)33-34/h9-23,30,32,34,37,47-48H,24-29,31,33H2,1-8H3. The Morgan fingerprint density at radius 2 is 1.07 bits per heavy atom. The third-order valence-corrected chi connectivity index (χ3v) is 19.2. The van der Waals surface area contributed by atoms with E-state index in [0.29, 0.717) is 5.41 Å². The van der Waals surface area contributed by atoms with Crippen LogP contribution >= 0.6 is 11.8 Å². The second kappa shape index (κ2) is 11.5. The second-order valence-corrected chi connectivity index (χ2v) is 23.8. The molecule has 4 saturated carbocycles. The number of fused-ring (bicyclic) bond motifs is 9. The Bertz CT molecular complexity index is 2480. The van der Waals surface area contributed by atoms with Gasteiger partial charge in [0.2, 0.25) is 0 Å². The molecular weight excluding hydrogens is 719 g/mol. The smallest absolute Gasteiger partial charge is 0.0502 e. The highest BCUT2D eigenvalue weighted by atomic mass is 32.2. The van der Waals surface area contributed by atoms with Crippen LogP contribution in [0, 0.1) is 29.1 Å². The minimum atomic E-state index is 0.0614. The molecule has 58 heavy (non-hydrogen) atoms. The van der Waals surface area contributed by atoms with Crippen molar-refractivity contribution in [3.8, 4) is 11.1 Å². The third kappa shape index (κ3) is 4.47. The maximum atomic E-state index is 2.76. The van der Waals surface area contributed by atoms with Crippen molar-refractivity contribution < 1.29 is 0 Å². The van der Waals surface area contributed by atoms with Gasteiger partial charge in [-0.1, -0.05) is 140 Å². The third-order valence-electron chi connectivity index (χ3n) is 18.1. The number of hydrogen-bond donors (Lipinski definition) is 0. The van der Waals surface area contributed by atoms with Gasteiger partial charge in [-0.25, -0.2) is 0 Å². The van der Waals surface area contributed by atoms with Gasteiger partial charge in [-0.15, -0.1) is 0 Å². The highest BCUT2D eigenvalue weighted by molar-refractivity contribution is 7.99. The fourth-order valence-electron chi connectivity index (χ4n) is 15.3. The van der Waals surface area contributed by atoms with Crippen molar-refractivity contribution in [2.24, 2.45) is 29.1 Å². The molecule has 6 aliphatic carbocycles. The molecule has 0 saturated heterocycles. The van der Waals surface area contributed by atoms with Crippen LogP contribution in [0.3, 0.4) is 0 Å². The zero-order valence-electron chi connectivity index (χ0n) is 36.1. The molecular formula is C56H61NS. The van der Waals surface area contributed by atoms with Crippen LogP contribution in [-0.4, -0.2) is 0 Å². The summed E-state index contributed by atoms with van der Waals surface area (Å²) in [5, 5.41) is 0. The maximum Gasteiger partial charge on any atom is 0.0502 e. The zero-order chi connectivity index (χ0) is 39.8. The van der Waals surface area contributed by atoms with Crippen molar-refractivity contribution in [1.29, 1.82) is 0 Å². The Labute approximate surface area is 352 Å². The van der Waals surface area contributed by atoms with Crippen LogP contribution in [0.5, 0.6) is 0 Å². The molecule has 2 spiro atoms. The predicted octanol–water partition coefficient (Wildman–Crippen LogP) is 15.3. The lowest BCUT2D eigenvalue weighted by Crippen LogP contribution is -2.74. The summed E-state index contributed by atoms with van der Waals surface area (Å²) >= 11 is 2.07. The molecule has 1 nitrogen and oxygen atoms in total. The van der Waals surface area contributed by atoms with Gasteiger partial charge < -0.3 is 4.90 Å². The number of benzene rings is 5. The van der Waals surface area contributed by atoms with E-state index in [1.54, 1.807) is 22.3 Å².